The molecular formula is C29H34N6O. The van der Waals surface area contributed by atoms with Crippen molar-refractivity contribution in [1.82, 2.24) is 14.7 Å². The van der Waals surface area contributed by atoms with E-state index in [1.165, 1.54) is 5.56 Å². The van der Waals surface area contributed by atoms with Gasteiger partial charge in [0, 0.05) is 50.2 Å². The summed E-state index contributed by atoms with van der Waals surface area (Å²) in [5, 5.41) is 6.81. The van der Waals surface area contributed by atoms with E-state index in [0.29, 0.717) is 17.8 Å². The van der Waals surface area contributed by atoms with Crippen molar-refractivity contribution in [2.45, 2.75) is 44.3 Å². The van der Waals surface area contributed by atoms with Gasteiger partial charge in [0.2, 0.25) is 0 Å². The first kappa shape index (κ1) is 23.9. The van der Waals surface area contributed by atoms with Gasteiger partial charge in [0.05, 0.1) is 5.56 Å². The zero-order valence-corrected chi connectivity index (χ0v) is 20.9. The van der Waals surface area contributed by atoms with E-state index in [1.54, 1.807) is 0 Å². The summed E-state index contributed by atoms with van der Waals surface area (Å²) >= 11 is 0. The number of hydrogen-bond acceptors (Lipinski definition) is 5. The van der Waals surface area contributed by atoms with Crippen LogP contribution in [0.2, 0.25) is 0 Å². The van der Waals surface area contributed by atoms with Crippen LogP contribution in [0.5, 0.6) is 0 Å². The fourth-order valence-electron chi connectivity index (χ4n) is 4.84. The first-order valence-corrected chi connectivity index (χ1v) is 12.6. The van der Waals surface area contributed by atoms with Crippen molar-refractivity contribution in [3.8, 4) is 11.3 Å². The minimum Gasteiger partial charge on any atom is -0.378 e. The Kier molecular flexibility index (Phi) is 6.91. The summed E-state index contributed by atoms with van der Waals surface area (Å²) in [6.45, 7) is 0.649. The molecule has 0 unspecified atom stereocenters. The SMILES string of the molecule is CN(C)c1ccc(-c2nc3c(C(=O)NC4CCC(N)CC4)cccn3c2NCc2ccccc2)cc1. The lowest BCUT2D eigenvalue weighted by atomic mass is 9.91. The Morgan fingerprint density at radius 2 is 1.72 bits per heavy atom. The van der Waals surface area contributed by atoms with Gasteiger partial charge in [-0.25, -0.2) is 4.98 Å². The maximum absolute atomic E-state index is 13.3. The minimum atomic E-state index is -0.0878. The lowest BCUT2D eigenvalue weighted by molar-refractivity contribution is 0.0927. The van der Waals surface area contributed by atoms with Crippen molar-refractivity contribution < 1.29 is 4.79 Å². The van der Waals surface area contributed by atoms with Crippen molar-refractivity contribution in [3.63, 3.8) is 0 Å². The lowest BCUT2D eigenvalue weighted by Gasteiger charge is -2.26. The average molecular weight is 483 g/mol. The van der Waals surface area contributed by atoms with Crippen LogP contribution in [0.1, 0.15) is 41.6 Å². The molecule has 2 heterocycles. The van der Waals surface area contributed by atoms with Crippen LogP contribution in [0.25, 0.3) is 16.9 Å². The number of rotatable bonds is 7. The molecule has 1 saturated carbocycles. The third-order valence-electron chi connectivity index (χ3n) is 6.96. The zero-order valence-electron chi connectivity index (χ0n) is 20.9. The molecule has 0 aliphatic heterocycles. The number of amides is 1. The molecule has 1 aliphatic carbocycles. The van der Waals surface area contributed by atoms with E-state index in [0.717, 1.165) is 48.4 Å². The quantitative estimate of drug-likeness (QED) is 0.356. The second-order valence-electron chi connectivity index (χ2n) is 9.79. The topological polar surface area (TPSA) is 87.7 Å². The van der Waals surface area contributed by atoms with Gasteiger partial charge >= 0.3 is 0 Å². The van der Waals surface area contributed by atoms with Crippen molar-refractivity contribution in [3.05, 3.63) is 84.1 Å². The Morgan fingerprint density at radius 3 is 2.42 bits per heavy atom. The molecule has 0 atom stereocenters. The fraction of sp³-hybridized carbons (Fsp3) is 0.310. The molecule has 0 saturated heterocycles. The second-order valence-corrected chi connectivity index (χ2v) is 9.79. The van der Waals surface area contributed by atoms with E-state index in [4.69, 9.17) is 10.7 Å². The number of imidazole rings is 1. The van der Waals surface area contributed by atoms with Crippen molar-refractivity contribution >= 4 is 23.1 Å². The molecule has 4 aromatic rings. The third-order valence-corrected chi connectivity index (χ3v) is 6.96. The van der Waals surface area contributed by atoms with E-state index < -0.39 is 0 Å². The molecule has 7 nitrogen and oxygen atoms in total. The van der Waals surface area contributed by atoms with Crippen LogP contribution < -0.4 is 21.3 Å². The number of nitrogens with zero attached hydrogens (tertiary/aromatic N) is 3. The van der Waals surface area contributed by atoms with E-state index in [-0.39, 0.29) is 18.0 Å². The van der Waals surface area contributed by atoms with E-state index in [9.17, 15) is 4.79 Å². The van der Waals surface area contributed by atoms with Crippen molar-refractivity contribution in [1.29, 1.82) is 0 Å². The van der Waals surface area contributed by atoms with Gasteiger partial charge in [-0.2, -0.15) is 0 Å². The first-order valence-electron chi connectivity index (χ1n) is 12.6. The van der Waals surface area contributed by atoms with E-state index in [2.05, 4.69) is 51.9 Å². The van der Waals surface area contributed by atoms with Gasteiger partial charge in [0.15, 0.2) is 5.65 Å². The predicted molar refractivity (Wildman–Crippen MR) is 146 cm³/mol. The summed E-state index contributed by atoms with van der Waals surface area (Å²) in [5.74, 6) is 0.778. The number of carbonyl (C=O) groups excluding carboxylic acids is 1. The number of nitrogens with one attached hydrogen (secondary N) is 2. The van der Waals surface area contributed by atoms with Crippen LogP contribution in [-0.4, -0.2) is 41.5 Å². The van der Waals surface area contributed by atoms with Crippen LogP contribution in [0, 0.1) is 0 Å². The fourth-order valence-corrected chi connectivity index (χ4v) is 4.84. The number of hydrogen-bond donors (Lipinski definition) is 3. The molecule has 7 heteroatoms. The summed E-state index contributed by atoms with van der Waals surface area (Å²) in [6.07, 6.45) is 5.68. The Balaban J connectivity index is 1.51. The molecule has 0 radical (unpaired) electrons. The molecule has 5 rings (SSSR count). The van der Waals surface area contributed by atoms with Crippen LogP contribution in [0.15, 0.2) is 72.9 Å². The van der Waals surface area contributed by atoms with E-state index in [1.807, 2.05) is 55.0 Å². The predicted octanol–water partition coefficient (Wildman–Crippen LogP) is 4.68. The van der Waals surface area contributed by atoms with Gasteiger partial charge < -0.3 is 21.3 Å². The highest BCUT2D eigenvalue weighted by Crippen LogP contribution is 2.32. The molecule has 1 amide bonds. The van der Waals surface area contributed by atoms with Crippen LogP contribution in [0.3, 0.4) is 0 Å². The maximum Gasteiger partial charge on any atom is 0.255 e. The third kappa shape index (κ3) is 5.06. The summed E-state index contributed by atoms with van der Waals surface area (Å²) in [7, 11) is 4.05. The van der Waals surface area contributed by atoms with Crippen molar-refractivity contribution in [2.24, 2.45) is 5.73 Å². The lowest BCUT2D eigenvalue weighted by Crippen LogP contribution is -2.40. The van der Waals surface area contributed by atoms with Gasteiger partial charge in [-0.05, 0) is 55.5 Å². The number of pyridine rings is 1. The summed E-state index contributed by atoms with van der Waals surface area (Å²) in [5.41, 5.74) is 11.4. The highest BCUT2D eigenvalue weighted by atomic mass is 16.1. The maximum atomic E-state index is 13.3. The molecule has 36 heavy (non-hydrogen) atoms. The summed E-state index contributed by atoms with van der Waals surface area (Å²) in [6, 6.07) is 22.8. The first-order chi connectivity index (χ1) is 17.5. The molecule has 1 fully saturated rings. The van der Waals surface area contributed by atoms with E-state index >= 15 is 0 Å². The van der Waals surface area contributed by atoms with Crippen LogP contribution in [-0.2, 0) is 6.54 Å². The van der Waals surface area contributed by atoms with Gasteiger partial charge in [-0.15, -0.1) is 0 Å². The summed E-state index contributed by atoms with van der Waals surface area (Å²) in [4.78, 5) is 20.4. The molecule has 4 N–H and O–H groups in total. The van der Waals surface area contributed by atoms with Gasteiger partial charge in [0.1, 0.15) is 11.5 Å². The number of fused-ring (bicyclic) bond motifs is 1. The highest BCUT2D eigenvalue weighted by Gasteiger charge is 2.23. The molecule has 1 aliphatic rings. The minimum absolute atomic E-state index is 0.0878. The Bertz CT molecular complexity index is 1320. The largest absolute Gasteiger partial charge is 0.378 e. The number of benzene rings is 2. The average Bonchev–Trinajstić information content (AvgIpc) is 3.28. The number of nitrogens with two attached hydrogens (primary N) is 1. The monoisotopic (exact) mass is 482 g/mol. The zero-order chi connectivity index (χ0) is 25.1. The highest BCUT2D eigenvalue weighted by molar-refractivity contribution is 6.01. The smallest absolute Gasteiger partial charge is 0.255 e. The standard InChI is InChI=1S/C29H34N6O/c1-34(2)24-16-10-21(11-17-24)26-28(31-19-20-7-4-3-5-8-20)35-18-6-9-25(27(35)33-26)29(36)32-23-14-12-22(30)13-15-23/h3-11,16-18,22-23,31H,12-15,19,30H2,1-2H3,(H,32,36). The molecule has 186 valence electrons. The van der Waals surface area contributed by atoms with Crippen molar-refractivity contribution in [2.75, 3.05) is 24.3 Å². The van der Waals surface area contributed by atoms with Crippen LogP contribution in [0.4, 0.5) is 11.5 Å². The van der Waals surface area contributed by atoms with Crippen LogP contribution >= 0.6 is 0 Å². The summed E-state index contributed by atoms with van der Waals surface area (Å²) < 4.78 is 1.99. The second kappa shape index (κ2) is 10.4. The normalized spacial score (nSPS) is 17.6. The number of carbonyl (C=O) groups is 1. The Hall–Kier alpha value is -3.84. The number of aromatic nitrogens is 2. The molecule has 0 spiro atoms. The Labute approximate surface area is 212 Å². The molecule has 2 aromatic heterocycles. The molecule has 2 aromatic carbocycles. The molecule has 0 bridgehead atoms. The number of anilines is 2. The Morgan fingerprint density at radius 1 is 1.00 bits per heavy atom. The van der Waals surface area contributed by atoms with Gasteiger partial charge in [-0.3, -0.25) is 9.20 Å². The molecular weight excluding hydrogens is 448 g/mol. The van der Waals surface area contributed by atoms with Gasteiger partial charge in [0.25, 0.3) is 5.91 Å². The van der Waals surface area contributed by atoms with Gasteiger partial charge in [-0.1, -0.05) is 42.5 Å².